The van der Waals surface area contributed by atoms with Crippen LogP contribution in [-0.2, 0) is 6.42 Å². The fraction of sp³-hybridized carbons (Fsp3) is 0.500. The maximum absolute atomic E-state index is 9.77. The van der Waals surface area contributed by atoms with E-state index in [2.05, 4.69) is 29.6 Å². The number of piperidine rings is 1. The molecule has 1 aromatic carbocycles. The van der Waals surface area contributed by atoms with Gasteiger partial charge in [0.2, 0.25) is 0 Å². The molecule has 0 amide bonds. The molecule has 0 spiro atoms. The van der Waals surface area contributed by atoms with E-state index in [4.69, 9.17) is 0 Å². The van der Waals surface area contributed by atoms with E-state index >= 15 is 0 Å². The number of hydrogen-bond donors (Lipinski definition) is 2. The van der Waals surface area contributed by atoms with Crippen molar-refractivity contribution in [3.8, 4) is 0 Å². The molecule has 0 radical (unpaired) electrons. The molecule has 2 atom stereocenters. The predicted molar refractivity (Wildman–Crippen MR) is 57.1 cm³/mol. The van der Waals surface area contributed by atoms with Gasteiger partial charge in [-0.25, -0.2) is 0 Å². The van der Waals surface area contributed by atoms with Crippen molar-refractivity contribution in [2.45, 2.75) is 18.9 Å². The predicted octanol–water partition coefficient (Wildman–Crippen LogP) is 1.20. The van der Waals surface area contributed by atoms with E-state index in [0.717, 1.165) is 25.9 Å². The average molecular weight is 191 g/mol. The Kier molecular flexibility index (Phi) is 3.17. The third kappa shape index (κ3) is 2.34. The maximum atomic E-state index is 9.77. The monoisotopic (exact) mass is 191 g/mol. The minimum Gasteiger partial charge on any atom is -0.392 e. The average Bonchev–Trinajstić information content (AvgIpc) is 2.23. The quantitative estimate of drug-likeness (QED) is 0.736. The first-order valence-electron chi connectivity index (χ1n) is 5.29. The second kappa shape index (κ2) is 4.58. The van der Waals surface area contributed by atoms with Gasteiger partial charge in [-0.05, 0) is 30.9 Å². The van der Waals surface area contributed by atoms with Crippen LogP contribution in [0.15, 0.2) is 30.3 Å². The molecular weight excluding hydrogens is 174 g/mol. The number of benzene rings is 1. The SMILES string of the molecule is O[C@H]1CNCC[C@@H]1Cc1ccccc1. The summed E-state index contributed by atoms with van der Waals surface area (Å²) in [7, 11) is 0. The standard InChI is InChI=1S/C12H17NO/c14-12-9-13-7-6-11(12)8-10-4-2-1-3-5-10/h1-5,11-14H,6-9H2/t11-,12+/m1/s1. The molecule has 76 valence electrons. The van der Waals surface area contributed by atoms with Crippen LogP contribution in [0.3, 0.4) is 0 Å². The van der Waals surface area contributed by atoms with Gasteiger partial charge >= 0.3 is 0 Å². The molecule has 2 nitrogen and oxygen atoms in total. The van der Waals surface area contributed by atoms with Crippen molar-refractivity contribution in [2.75, 3.05) is 13.1 Å². The largest absolute Gasteiger partial charge is 0.392 e. The van der Waals surface area contributed by atoms with Crippen LogP contribution in [0.5, 0.6) is 0 Å². The second-order valence-corrected chi connectivity index (χ2v) is 4.01. The van der Waals surface area contributed by atoms with Gasteiger partial charge in [0.15, 0.2) is 0 Å². The lowest BCUT2D eigenvalue weighted by Gasteiger charge is -2.28. The highest BCUT2D eigenvalue weighted by Gasteiger charge is 2.22. The van der Waals surface area contributed by atoms with E-state index in [9.17, 15) is 5.11 Å². The Morgan fingerprint density at radius 3 is 2.79 bits per heavy atom. The van der Waals surface area contributed by atoms with Crippen LogP contribution in [0.4, 0.5) is 0 Å². The zero-order valence-electron chi connectivity index (χ0n) is 8.32. The Morgan fingerprint density at radius 2 is 2.07 bits per heavy atom. The van der Waals surface area contributed by atoms with E-state index in [0.29, 0.717) is 5.92 Å². The van der Waals surface area contributed by atoms with E-state index in [-0.39, 0.29) is 6.10 Å². The van der Waals surface area contributed by atoms with Crippen LogP contribution < -0.4 is 5.32 Å². The summed E-state index contributed by atoms with van der Waals surface area (Å²) in [5.74, 6) is 0.429. The highest BCUT2D eigenvalue weighted by molar-refractivity contribution is 5.15. The van der Waals surface area contributed by atoms with Gasteiger partial charge in [0.1, 0.15) is 0 Å². The topological polar surface area (TPSA) is 32.3 Å². The number of aliphatic hydroxyl groups is 1. The molecule has 14 heavy (non-hydrogen) atoms. The lowest BCUT2D eigenvalue weighted by molar-refractivity contribution is 0.0820. The summed E-state index contributed by atoms with van der Waals surface area (Å²) in [5, 5.41) is 13.0. The minimum absolute atomic E-state index is 0.177. The minimum atomic E-state index is -0.177. The van der Waals surface area contributed by atoms with Gasteiger partial charge in [-0.1, -0.05) is 30.3 Å². The summed E-state index contributed by atoms with van der Waals surface area (Å²) >= 11 is 0. The molecule has 0 aromatic heterocycles. The number of hydrogen-bond acceptors (Lipinski definition) is 2. The lowest BCUT2D eigenvalue weighted by atomic mass is 9.89. The molecule has 2 heteroatoms. The fourth-order valence-corrected chi connectivity index (χ4v) is 2.05. The van der Waals surface area contributed by atoms with Crippen LogP contribution in [0.1, 0.15) is 12.0 Å². The third-order valence-corrected chi connectivity index (χ3v) is 2.93. The second-order valence-electron chi connectivity index (χ2n) is 4.01. The van der Waals surface area contributed by atoms with Crippen molar-refractivity contribution in [3.63, 3.8) is 0 Å². The van der Waals surface area contributed by atoms with E-state index in [1.165, 1.54) is 5.56 Å². The third-order valence-electron chi connectivity index (χ3n) is 2.93. The number of rotatable bonds is 2. The van der Waals surface area contributed by atoms with E-state index in [1.807, 2.05) is 6.07 Å². The van der Waals surface area contributed by atoms with Crippen molar-refractivity contribution in [2.24, 2.45) is 5.92 Å². The Labute approximate surface area is 85.0 Å². The summed E-state index contributed by atoms with van der Waals surface area (Å²) in [5.41, 5.74) is 1.33. The fourth-order valence-electron chi connectivity index (χ4n) is 2.05. The molecule has 0 bridgehead atoms. The van der Waals surface area contributed by atoms with E-state index in [1.54, 1.807) is 0 Å². The molecule has 1 aliphatic heterocycles. The van der Waals surface area contributed by atoms with Crippen LogP contribution in [0, 0.1) is 5.92 Å². The van der Waals surface area contributed by atoms with Gasteiger partial charge in [-0.2, -0.15) is 0 Å². The van der Waals surface area contributed by atoms with Gasteiger partial charge in [0, 0.05) is 6.54 Å². The molecule has 0 unspecified atom stereocenters. The molecular formula is C12H17NO. The first-order valence-corrected chi connectivity index (χ1v) is 5.29. The van der Waals surface area contributed by atoms with Gasteiger partial charge in [0.05, 0.1) is 6.10 Å². The van der Waals surface area contributed by atoms with Gasteiger partial charge in [0.25, 0.3) is 0 Å². The summed E-state index contributed by atoms with van der Waals surface area (Å²) in [6.45, 7) is 1.78. The van der Waals surface area contributed by atoms with Crippen molar-refractivity contribution in [3.05, 3.63) is 35.9 Å². The highest BCUT2D eigenvalue weighted by Crippen LogP contribution is 2.18. The van der Waals surface area contributed by atoms with Crippen LogP contribution in [0.2, 0.25) is 0 Å². The van der Waals surface area contributed by atoms with Gasteiger partial charge in [-0.15, -0.1) is 0 Å². The first kappa shape index (κ1) is 9.69. The summed E-state index contributed by atoms with van der Waals surface area (Å²) in [6, 6.07) is 10.4. The molecule has 1 saturated heterocycles. The highest BCUT2D eigenvalue weighted by atomic mass is 16.3. The number of β-amino-alcohol motifs (C(OH)–C–C–N with tert-alkyl or cyclic N) is 1. The first-order chi connectivity index (χ1) is 6.86. The summed E-state index contributed by atoms with van der Waals surface area (Å²) in [6.07, 6.45) is 1.91. The lowest BCUT2D eigenvalue weighted by Crippen LogP contribution is -2.41. The molecule has 0 saturated carbocycles. The summed E-state index contributed by atoms with van der Waals surface area (Å²) < 4.78 is 0. The van der Waals surface area contributed by atoms with Gasteiger partial charge < -0.3 is 10.4 Å². The summed E-state index contributed by atoms with van der Waals surface area (Å²) in [4.78, 5) is 0. The number of nitrogens with one attached hydrogen (secondary N) is 1. The molecule has 2 N–H and O–H groups in total. The van der Waals surface area contributed by atoms with Crippen molar-refractivity contribution >= 4 is 0 Å². The van der Waals surface area contributed by atoms with Crippen LogP contribution in [-0.4, -0.2) is 24.3 Å². The molecule has 0 aliphatic carbocycles. The molecule has 2 rings (SSSR count). The zero-order valence-corrected chi connectivity index (χ0v) is 8.32. The van der Waals surface area contributed by atoms with Crippen LogP contribution >= 0.6 is 0 Å². The Balaban J connectivity index is 1.96. The Hall–Kier alpha value is -0.860. The molecule has 1 heterocycles. The number of aliphatic hydroxyl groups excluding tert-OH is 1. The molecule has 1 aliphatic rings. The Bertz CT molecular complexity index is 273. The molecule has 1 aromatic rings. The van der Waals surface area contributed by atoms with Crippen LogP contribution in [0.25, 0.3) is 0 Å². The van der Waals surface area contributed by atoms with Crippen molar-refractivity contribution in [1.82, 2.24) is 5.32 Å². The smallest absolute Gasteiger partial charge is 0.0696 e. The zero-order chi connectivity index (χ0) is 9.80. The van der Waals surface area contributed by atoms with Crippen molar-refractivity contribution in [1.29, 1.82) is 0 Å². The van der Waals surface area contributed by atoms with Gasteiger partial charge in [-0.3, -0.25) is 0 Å². The maximum Gasteiger partial charge on any atom is 0.0696 e. The molecule has 1 fully saturated rings. The normalized spacial score (nSPS) is 27.5. The Morgan fingerprint density at radius 1 is 1.29 bits per heavy atom. The van der Waals surface area contributed by atoms with Crippen molar-refractivity contribution < 1.29 is 5.11 Å². The van der Waals surface area contributed by atoms with E-state index < -0.39 is 0 Å².